The van der Waals surface area contributed by atoms with Crippen LogP contribution in [0.15, 0.2) is 54.6 Å². The molecule has 1 unspecified atom stereocenters. The molecule has 1 aliphatic heterocycles. The van der Waals surface area contributed by atoms with Crippen LogP contribution in [-0.2, 0) is 16.0 Å². The minimum absolute atomic E-state index is 0.0126. The molecule has 0 aromatic heterocycles. The summed E-state index contributed by atoms with van der Waals surface area (Å²) in [6, 6.07) is 17.3. The molecule has 6 heteroatoms. The number of likely N-dealkylation sites (tertiary alicyclic amines) is 1. The van der Waals surface area contributed by atoms with Gasteiger partial charge in [-0.15, -0.1) is 0 Å². The Morgan fingerprint density at radius 3 is 2.62 bits per heavy atom. The van der Waals surface area contributed by atoms with Gasteiger partial charge in [-0.05, 0) is 29.7 Å². The number of carbonyl (C=O) groups excluding carboxylic acids is 2. The molecule has 2 aromatic carbocycles. The topological polar surface area (TPSA) is 72.9 Å². The number of carbonyl (C=O) groups is 2. The molecule has 2 aromatic rings. The van der Waals surface area contributed by atoms with Crippen molar-refractivity contribution in [2.45, 2.75) is 31.9 Å². The minimum atomic E-state index is -0.288. The van der Waals surface area contributed by atoms with Gasteiger partial charge in [0, 0.05) is 39.3 Å². The maximum absolute atomic E-state index is 13.1. The molecule has 6 nitrogen and oxygen atoms in total. The van der Waals surface area contributed by atoms with Crippen molar-refractivity contribution in [1.82, 2.24) is 9.80 Å². The Balaban J connectivity index is 1.73. The SMILES string of the molecule is CC(=O)Nc1cccc(CC(=O)N(C)C(CN2CC[C@H](O)C2)c2ccccc2)c1. The van der Waals surface area contributed by atoms with E-state index >= 15 is 0 Å². The van der Waals surface area contributed by atoms with Crippen molar-refractivity contribution in [2.75, 3.05) is 32.0 Å². The summed E-state index contributed by atoms with van der Waals surface area (Å²) in [5, 5.41) is 12.6. The van der Waals surface area contributed by atoms with Crippen LogP contribution in [0.1, 0.15) is 30.5 Å². The van der Waals surface area contributed by atoms with Crippen molar-refractivity contribution in [3.8, 4) is 0 Å². The zero-order valence-corrected chi connectivity index (χ0v) is 17.0. The van der Waals surface area contributed by atoms with Crippen LogP contribution in [0.2, 0.25) is 0 Å². The number of hydrogen-bond donors (Lipinski definition) is 2. The maximum atomic E-state index is 13.1. The quantitative estimate of drug-likeness (QED) is 0.755. The van der Waals surface area contributed by atoms with Gasteiger partial charge in [0.2, 0.25) is 11.8 Å². The Morgan fingerprint density at radius 2 is 1.97 bits per heavy atom. The fourth-order valence-corrected chi connectivity index (χ4v) is 3.78. The van der Waals surface area contributed by atoms with Gasteiger partial charge in [-0.2, -0.15) is 0 Å². The van der Waals surface area contributed by atoms with E-state index in [4.69, 9.17) is 0 Å². The summed E-state index contributed by atoms with van der Waals surface area (Å²) in [6.45, 7) is 3.63. The number of β-amino-alcohol motifs (C(OH)–C–C–N with tert-alkyl or cyclic N) is 1. The number of amides is 2. The Labute approximate surface area is 172 Å². The molecule has 2 amide bonds. The highest BCUT2D eigenvalue weighted by Gasteiger charge is 2.28. The van der Waals surface area contributed by atoms with Gasteiger partial charge in [-0.1, -0.05) is 42.5 Å². The van der Waals surface area contributed by atoms with E-state index in [1.165, 1.54) is 6.92 Å². The number of likely N-dealkylation sites (N-methyl/N-ethyl adjacent to an activating group) is 1. The summed E-state index contributed by atoms with van der Waals surface area (Å²) >= 11 is 0. The van der Waals surface area contributed by atoms with Crippen LogP contribution in [0.25, 0.3) is 0 Å². The van der Waals surface area contributed by atoms with Crippen molar-refractivity contribution in [3.63, 3.8) is 0 Å². The van der Waals surface area contributed by atoms with E-state index in [9.17, 15) is 14.7 Å². The first kappa shape index (κ1) is 21.0. The van der Waals surface area contributed by atoms with Crippen LogP contribution < -0.4 is 5.32 Å². The van der Waals surface area contributed by atoms with Gasteiger partial charge in [0.1, 0.15) is 0 Å². The summed E-state index contributed by atoms with van der Waals surface area (Å²) < 4.78 is 0. The smallest absolute Gasteiger partial charge is 0.227 e. The van der Waals surface area contributed by atoms with Gasteiger partial charge in [0.15, 0.2) is 0 Å². The standard InChI is InChI=1S/C23H29N3O3/c1-17(27)24-20-10-6-7-18(13-20)14-23(29)25(2)22(19-8-4-3-5-9-19)16-26-12-11-21(28)15-26/h3-10,13,21-22,28H,11-12,14-16H2,1-2H3,(H,24,27)/t21-,22?/m0/s1. The fourth-order valence-electron chi connectivity index (χ4n) is 3.78. The molecule has 154 valence electrons. The lowest BCUT2D eigenvalue weighted by Crippen LogP contribution is -2.39. The monoisotopic (exact) mass is 395 g/mol. The average Bonchev–Trinajstić information content (AvgIpc) is 3.11. The zero-order valence-electron chi connectivity index (χ0n) is 17.0. The Morgan fingerprint density at radius 1 is 1.21 bits per heavy atom. The lowest BCUT2D eigenvalue weighted by atomic mass is 10.0. The first-order chi connectivity index (χ1) is 13.9. The molecule has 29 heavy (non-hydrogen) atoms. The number of anilines is 1. The van der Waals surface area contributed by atoms with E-state index < -0.39 is 0 Å². The lowest BCUT2D eigenvalue weighted by Gasteiger charge is -2.32. The van der Waals surface area contributed by atoms with Gasteiger partial charge >= 0.3 is 0 Å². The van der Waals surface area contributed by atoms with Gasteiger partial charge in [-0.3, -0.25) is 14.5 Å². The van der Waals surface area contributed by atoms with Crippen LogP contribution in [0.3, 0.4) is 0 Å². The molecule has 0 bridgehead atoms. The minimum Gasteiger partial charge on any atom is -0.392 e. The maximum Gasteiger partial charge on any atom is 0.227 e. The first-order valence-electron chi connectivity index (χ1n) is 10.00. The third kappa shape index (κ3) is 5.89. The van der Waals surface area contributed by atoms with Crippen molar-refractivity contribution in [2.24, 2.45) is 0 Å². The van der Waals surface area contributed by atoms with E-state index in [0.29, 0.717) is 18.8 Å². The second-order valence-corrected chi connectivity index (χ2v) is 7.69. The molecule has 0 saturated carbocycles. The van der Waals surface area contributed by atoms with Crippen molar-refractivity contribution in [1.29, 1.82) is 0 Å². The third-order valence-electron chi connectivity index (χ3n) is 5.33. The molecule has 1 aliphatic rings. The second kappa shape index (κ2) is 9.67. The van der Waals surface area contributed by atoms with Gasteiger partial charge in [-0.25, -0.2) is 0 Å². The molecule has 1 saturated heterocycles. The molecule has 2 N–H and O–H groups in total. The van der Waals surface area contributed by atoms with Crippen molar-refractivity contribution >= 4 is 17.5 Å². The third-order valence-corrected chi connectivity index (χ3v) is 5.33. The number of nitrogens with one attached hydrogen (secondary N) is 1. The van der Waals surface area contributed by atoms with Crippen LogP contribution in [0, 0.1) is 0 Å². The number of nitrogens with zero attached hydrogens (tertiary/aromatic N) is 2. The van der Waals surface area contributed by atoms with E-state index in [1.54, 1.807) is 4.90 Å². The van der Waals surface area contributed by atoms with Crippen LogP contribution in [0.4, 0.5) is 5.69 Å². The number of benzene rings is 2. The van der Waals surface area contributed by atoms with E-state index in [1.807, 2.05) is 61.6 Å². The zero-order chi connectivity index (χ0) is 20.8. The first-order valence-corrected chi connectivity index (χ1v) is 10.00. The van der Waals surface area contributed by atoms with E-state index in [-0.39, 0.29) is 30.4 Å². The summed E-state index contributed by atoms with van der Waals surface area (Å²) in [4.78, 5) is 28.4. The number of hydrogen-bond acceptors (Lipinski definition) is 4. The highest BCUT2D eigenvalue weighted by molar-refractivity contribution is 5.89. The molecule has 0 radical (unpaired) electrons. The molecule has 0 aliphatic carbocycles. The normalized spacial score (nSPS) is 17.7. The molecular weight excluding hydrogens is 366 g/mol. The molecule has 2 atom stereocenters. The molecule has 1 fully saturated rings. The summed E-state index contributed by atoms with van der Waals surface area (Å²) in [6.07, 6.45) is 0.745. The number of aliphatic hydroxyl groups is 1. The number of rotatable bonds is 7. The summed E-state index contributed by atoms with van der Waals surface area (Å²) in [7, 11) is 1.84. The Kier molecular flexibility index (Phi) is 7.01. The van der Waals surface area contributed by atoms with Gasteiger partial charge in [0.05, 0.1) is 18.6 Å². The molecule has 0 spiro atoms. The van der Waals surface area contributed by atoms with Crippen LogP contribution in [-0.4, -0.2) is 59.5 Å². The molecule has 3 rings (SSSR count). The predicted octanol–water partition coefficient (Wildman–Crippen LogP) is 2.45. The van der Waals surface area contributed by atoms with E-state index in [0.717, 1.165) is 24.1 Å². The molecule has 1 heterocycles. The van der Waals surface area contributed by atoms with Gasteiger partial charge < -0.3 is 15.3 Å². The van der Waals surface area contributed by atoms with Gasteiger partial charge in [0.25, 0.3) is 0 Å². The highest BCUT2D eigenvalue weighted by atomic mass is 16.3. The highest BCUT2D eigenvalue weighted by Crippen LogP contribution is 2.24. The van der Waals surface area contributed by atoms with Crippen LogP contribution >= 0.6 is 0 Å². The van der Waals surface area contributed by atoms with Crippen molar-refractivity contribution < 1.29 is 14.7 Å². The molecular formula is C23H29N3O3. The summed E-state index contributed by atoms with van der Waals surface area (Å²) in [5.74, 6) is -0.124. The Bertz CT molecular complexity index is 840. The second-order valence-electron chi connectivity index (χ2n) is 7.69. The van der Waals surface area contributed by atoms with E-state index in [2.05, 4.69) is 10.2 Å². The van der Waals surface area contributed by atoms with Crippen molar-refractivity contribution in [3.05, 3.63) is 65.7 Å². The lowest BCUT2D eigenvalue weighted by molar-refractivity contribution is -0.131. The fraction of sp³-hybridized carbons (Fsp3) is 0.391. The Hall–Kier alpha value is -2.70. The average molecular weight is 396 g/mol. The largest absolute Gasteiger partial charge is 0.392 e. The van der Waals surface area contributed by atoms with Crippen LogP contribution in [0.5, 0.6) is 0 Å². The predicted molar refractivity (Wildman–Crippen MR) is 113 cm³/mol. The number of aliphatic hydroxyl groups excluding tert-OH is 1. The summed E-state index contributed by atoms with van der Waals surface area (Å²) in [5.41, 5.74) is 2.63.